The molecule has 106 valence electrons. The zero-order chi connectivity index (χ0) is 14.1. The topological polar surface area (TPSA) is 86.7 Å². The van der Waals surface area contributed by atoms with Crippen molar-refractivity contribution < 1.29 is 18.3 Å². The summed E-state index contributed by atoms with van der Waals surface area (Å²) >= 11 is 0. The highest BCUT2D eigenvalue weighted by atomic mass is 32.2. The Morgan fingerprint density at radius 1 is 1.39 bits per heavy atom. The first-order valence-corrected chi connectivity index (χ1v) is 7.52. The van der Waals surface area contributed by atoms with Crippen LogP contribution in [0.3, 0.4) is 0 Å². The summed E-state index contributed by atoms with van der Waals surface area (Å²) in [6.07, 6.45) is 1.43. The van der Waals surface area contributed by atoms with Crippen LogP contribution in [0.2, 0.25) is 0 Å². The van der Waals surface area contributed by atoms with Gasteiger partial charge in [-0.3, -0.25) is 4.79 Å². The number of hydrogen-bond acceptors (Lipinski definition) is 3. The van der Waals surface area contributed by atoms with Crippen LogP contribution in [0, 0.1) is 5.92 Å². The number of rotatable bonds is 3. The van der Waals surface area contributed by atoms with E-state index in [2.05, 4.69) is 4.72 Å². The highest BCUT2D eigenvalue weighted by molar-refractivity contribution is 7.87. The van der Waals surface area contributed by atoms with Crippen LogP contribution >= 0.6 is 0 Å². The van der Waals surface area contributed by atoms with E-state index < -0.39 is 27.8 Å². The van der Waals surface area contributed by atoms with Crippen LogP contribution in [0.5, 0.6) is 0 Å². The lowest BCUT2D eigenvalue weighted by molar-refractivity contribution is -0.144. The lowest BCUT2D eigenvalue weighted by atomic mass is 9.93. The molecule has 1 fully saturated rings. The van der Waals surface area contributed by atoms with Gasteiger partial charge in [0.05, 0.1) is 0 Å². The summed E-state index contributed by atoms with van der Waals surface area (Å²) in [5, 5.41) is 9.21. The van der Waals surface area contributed by atoms with Crippen molar-refractivity contribution in [2.45, 2.75) is 52.1 Å². The molecule has 0 aromatic heterocycles. The molecule has 0 aromatic carbocycles. The Labute approximate surface area is 109 Å². The van der Waals surface area contributed by atoms with Gasteiger partial charge in [0, 0.05) is 12.1 Å². The van der Waals surface area contributed by atoms with E-state index in [1.165, 1.54) is 0 Å². The minimum absolute atomic E-state index is 0.173. The molecule has 0 aliphatic carbocycles. The second kappa shape index (κ2) is 5.14. The Balaban J connectivity index is 3.01. The summed E-state index contributed by atoms with van der Waals surface area (Å²) in [5.74, 6) is -1.26. The number of nitrogens with zero attached hydrogens (tertiary/aromatic N) is 1. The maximum absolute atomic E-state index is 12.2. The SMILES string of the molecule is CC1CCCN(S(=O)(=O)NC(C)(C)C)C1C(=O)O. The first-order chi connectivity index (χ1) is 8.04. The van der Waals surface area contributed by atoms with Gasteiger partial charge in [0.2, 0.25) is 0 Å². The minimum Gasteiger partial charge on any atom is -0.480 e. The van der Waals surface area contributed by atoms with Gasteiger partial charge in [0.15, 0.2) is 0 Å². The fourth-order valence-corrected chi connectivity index (χ4v) is 4.09. The van der Waals surface area contributed by atoms with E-state index in [-0.39, 0.29) is 12.5 Å². The van der Waals surface area contributed by atoms with Gasteiger partial charge in [-0.05, 0) is 39.5 Å². The Kier molecular flexibility index (Phi) is 4.40. The molecule has 0 amide bonds. The Morgan fingerprint density at radius 3 is 2.39 bits per heavy atom. The summed E-state index contributed by atoms with van der Waals surface area (Å²) in [5.41, 5.74) is -0.622. The molecule has 2 unspecified atom stereocenters. The third-order valence-corrected chi connectivity index (χ3v) is 4.78. The van der Waals surface area contributed by atoms with Crippen molar-refractivity contribution in [3.8, 4) is 0 Å². The highest BCUT2D eigenvalue weighted by Gasteiger charge is 2.41. The van der Waals surface area contributed by atoms with E-state index in [9.17, 15) is 18.3 Å². The van der Waals surface area contributed by atoms with Crippen LogP contribution in [0.4, 0.5) is 0 Å². The second-order valence-corrected chi connectivity index (χ2v) is 7.49. The van der Waals surface area contributed by atoms with E-state index >= 15 is 0 Å². The van der Waals surface area contributed by atoms with Crippen molar-refractivity contribution >= 4 is 16.2 Å². The largest absolute Gasteiger partial charge is 0.480 e. The molecule has 2 atom stereocenters. The maximum Gasteiger partial charge on any atom is 0.322 e. The monoisotopic (exact) mass is 278 g/mol. The van der Waals surface area contributed by atoms with Gasteiger partial charge in [0.25, 0.3) is 10.2 Å². The summed E-state index contributed by atoms with van der Waals surface area (Å²) in [7, 11) is -3.77. The zero-order valence-corrected chi connectivity index (χ0v) is 12.1. The molecule has 0 aromatic rings. The van der Waals surface area contributed by atoms with Gasteiger partial charge in [-0.25, -0.2) is 0 Å². The minimum atomic E-state index is -3.77. The van der Waals surface area contributed by atoms with Crippen molar-refractivity contribution in [3.63, 3.8) is 0 Å². The molecule has 0 spiro atoms. The van der Waals surface area contributed by atoms with Gasteiger partial charge in [-0.15, -0.1) is 0 Å². The molecule has 0 bridgehead atoms. The van der Waals surface area contributed by atoms with Gasteiger partial charge in [-0.1, -0.05) is 6.92 Å². The van der Waals surface area contributed by atoms with E-state index in [1.807, 2.05) is 0 Å². The van der Waals surface area contributed by atoms with E-state index in [0.717, 1.165) is 10.7 Å². The van der Waals surface area contributed by atoms with Gasteiger partial charge >= 0.3 is 5.97 Å². The number of carboxylic acid groups (broad SMARTS) is 1. The van der Waals surface area contributed by atoms with E-state index in [1.54, 1.807) is 27.7 Å². The standard InChI is InChI=1S/C11H22N2O4S/c1-8-6-5-7-13(9(8)10(14)15)18(16,17)12-11(2,3)4/h8-9,12H,5-7H2,1-4H3,(H,14,15). The highest BCUT2D eigenvalue weighted by Crippen LogP contribution is 2.26. The predicted octanol–water partition coefficient (Wildman–Crippen LogP) is 0.804. The summed E-state index contributed by atoms with van der Waals surface area (Å²) in [4.78, 5) is 11.3. The van der Waals surface area contributed by atoms with Crippen molar-refractivity contribution in [2.75, 3.05) is 6.54 Å². The van der Waals surface area contributed by atoms with Crippen molar-refractivity contribution in [1.82, 2.24) is 9.03 Å². The van der Waals surface area contributed by atoms with Crippen LogP contribution in [-0.4, -0.2) is 41.9 Å². The molecule has 0 radical (unpaired) electrons. The van der Waals surface area contributed by atoms with Crippen LogP contribution in [0.15, 0.2) is 0 Å². The fraction of sp³-hybridized carbons (Fsp3) is 0.909. The number of piperidine rings is 1. The molecule has 1 heterocycles. The normalized spacial score (nSPS) is 27.1. The Morgan fingerprint density at radius 2 is 1.94 bits per heavy atom. The quantitative estimate of drug-likeness (QED) is 0.799. The summed E-state index contributed by atoms with van der Waals surface area (Å²) < 4.78 is 28.0. The summed E-state index contributed by atoms with van der Waals surface area (Å²) in [6.45, 7) is 7.22. The molecular weight excluding hydrogens is 256 g/mol. The average molecular weight is 278 g/mol. The first-order valence-electron chi connectivity index (χ1n) is 6.08. The molecular formula is C11H22N2O4S. The van der Waals surface area contributed by atoms with Crippen LogP contribution in [0.25, 0.3) is 0 Å². The molecule has 1 aliphatic rings. The smallest absolute Gasteiger partial charge is 0.322 e. The van der Waals surface area contributed by atoms with Crippen LogP contribution in [-0.2, 0) is 15.0 Å². The predicted molar refractivity (Wildman–Crippen MR) is 68.3 cm³/mol. The second-order valence-electron chi connectivity index (χ2n) is 5.87. The molecule has 6 nitrogen and oxygen atoms in total. The van der Waals surface area contributed by atoms with Crippen molar-refractivity contribution in [3.05, 3.63) is 0 Å². The Hall–Kier alpha value is -0.660. The molecule has 7 heteroatoms. The molecule has 1 saturated heterocycles. The Bertz CT molecular complexity index is 413. The first kappa shape index (κ1) is 15.4. The summed E-state index contributed by atoms with van der Waals surface area (Å²) in [6, 6.07) is -0.974. The number of carbonyl (C=O) groups is 1. The third kappa shape index (κ3) is 3.66. The fourth-order valence-electron chi connectivity index (χ4n) is 2.23. The number of hydrogen-bond donors (Lipinski definition) is 2. The number of carboxylic acids is 1. The lowest BCUT2D eigenvalue weighted by Crippen LogP contribution is -2.58. The maximum atomic E-state index is 12.2. The lowest BCUT2D eigenvalue weighted by Gasteiger charge is -2.37. The van der Waals surface area contributed by atoms with E-state index in [0.29, 0.717) is 6.42 Å². The molecule has 1 aliphatic heterocycles. The van der Waals surface area contributed by atoms with Crippen molar-refractivity contribution in [1.29, 1.82) is 0 Å². The van der Waals surface area contributed by atoms with Gasteiger partial charge < -0.3 is 5.11 Å². The zero-order valence-electron chi connectivity index (χ0n) is 11.3. The van der Waals surface area contributed by atoms with Gasteiger partial charge in [0.1, 0.15) is 6.04 Å². The number of aliphatic carboxylic acids is 1. The van der Waals surface area contributed by atoms with Crippen LogP contribution in [0.1, 0.15) is 40.5 Å². The number of nitrogens with one attached hydrogen (secondary N) is 1. The van der Waals surface area contributed by atoms with Crippen LogP contribution < -0.4 is 4.72 Å². The van der Waals surface area contributed by atoms with Gasteiger partial charge in [-0.2, -0.15) is 17.4 Å². The van der Waals surface area contributed by atoms with E-state index in [4.69, 9.17) is 0 Å². The molecule has 2 N–H and O–H groups in total. The molecule has 1 rings (SSSR count). The third-order valence-electron chi connectivity index (χ3n) is 2.88. The van der Waals surface area contributed by atoms with Crippen molar-refractivity contribution in [2.24, 2.45) is 5.92 Å². The molecule has 0 saturated carbocycles. The average Bonchev–Trinajstić information content (AvgIpc) is 2.12. The molecule has 18 heavy (non-hydrogen) atoms.